The number of benzene rings is 3. The number of ether oxygens (including phenoxy) is 1. The molecule has 0 bridgehead atoms. The number of hydrogen-bond donors (Lipinski definition) is 2. The van der Waals surface area contributed by atoms with Gasteiger partial charge in [-0.1, -0.05) is 60.7 Å². The number of nitrogens with one attached hydrogen (secondary N) is 1. The van der Waals surface area contributed by atoms with Gasteiger partial charge in [-0.25, -0.2) is 4.39 Å². The van der Waals surface area contributed by atoms with E-state index in [1.165, 1.54) is 23.3 Å². The molecule has 1 heterocycles. The molecule has 0 aromatic heterocycles. The van der Waals surface area contributed by atoms with E-state index in [2.05, 4.69) is 70.9 Å². The maximum Gasteiger partial charge on any atom is 0.123 e. The molecule has 4 rings (SSSR count). The second-order valence-corrected chi connectivity index (χ2v) is 8.77. The van der Waals surface area contributed by atoms with Crippen molar-refractivity contribution in [3.8, 4) is 5.75 Å². The lowest BCUT2D eigenvalue weighted by atomic mass is 9.88. The van der Waals surface area contributed by atoms with E-state index >= 15 is 0 Å². The average Bonchev–Trinajstić information content (AvgIpc) is 2.85. The molecule has 5 heteroatoms. The van der Waals surface area contributed by atoms with Gasteiger partial charge in [-0.15, -0.1) is 0 Å². The average molecular weight is 449 g/mol. The van der Waals surface area contributed by atoms with Crippen LogP contribution in [-0.4, -0.2) is 54.9 Å². The van der Waals surface area contributed by atoms with E-state index in [-0.39, 0.29) is 18.5 Å². The van der Waals surface area contributed by atoms with Gasteiger partial charge in [0.2, 0.25) is 0 Å². The summed E-state index contributed by atoms with van der Waals surface area (Å²) in [4.78, 5) is 2.49. The molecule has 4 nitrogen and oxygen atoms in total. The van der Waals surface area contributed by atoms with E-state index in [1.54, 1.807) is 12.1 Å². The van der Waals surface area contributed by atoms with Crippen molar-refractivity contribution in [3.05, 3.63) is 102 Å². The number of aliphatic hydroxyl groups is 1. The summed E-state index contributed by atoms with van der Waals surface area (Å²) < 4.78 is 18.6. The largest absolute Gasteiger partial charge is 0.491 e. The number of rotatable bonds is 10. The van der Waals surface area contributed by atoms with E-state index in [1.807, 2.05) is 0 Å². The number of halogens is 1. The van der Waals surface area contributed by atoms with Crippen LogP contribution in [0.2, 0.25) is 0 Å². The highest BCUT2D eigenvalue weighted by Crippen LogP contribution is 2.28. The molecule has 1 saturated heterocycles. The molecule has 0 amide bonds. The molecular weight excluding hydrogens is 415 g/mol. The molecule has 2 unspecified atom stereocenters. The van der Waals surface area contributed by atoms with E-state index in [0.29, 0.717) is 18.1 Å². The fourth-order valence-corrected chi connectivity index (χ4v) is 4.58. The Morgan fingerprint density at radius 1 is 0.939 bits per heavy atom. The molecule has 2 N–H and O–H groups in total. The Bertz CT molecular complexity index is 913. The third-order valence-electron chi connectivity index (χ3n) is 6.29. The monoisotopic (exact) mass is 448 g/mol. The minimum atomic E-state index is -0.575. The highest BCUT2D eigenvalue weighted by Gasteiger charge is 2.23. The quantitative estimate of drug-likeness (QED) is 0.481. The van der Waals surface area contributed by atoms with Crippen molar-refractivity contribution in [1.82, 2.24) is 10.2 Å². The van der Waals surface area contributed by atoms with Crippen molar-refractivity contribution in [2.75, 3.05) is 32.8 Å². The molecule has 0 aliphatic carbocycles. The molecule has 0 saturated carbocycles. The van der Waals surface area contributed by atoms with Crippen LogP contribution in [-0.2, 0) is 0 Å². The van der Waals surface area contributed by atoms with Crippen molar-refractivity contribution in [2.24, 2.45) is 0 Å². The van der Waals surface area contributed by atoms with Crippen LogP contribution in [0.1, 0.15) is 29.9 Å². The summed E-state index contributed by atoms with van der Waals surface area (Å²) in [5, 5.41) is 14.0. The van der Waals surface area contributed by atoms with Crippen LogP contribution in [0.15, 0.2) is 84.9 Å². The summed E-state index contributed by atoms with van der Waals surface area (Å²) in [6, 6.07) is 27.6. The van der Waals surface area contributed by atoms with Crippen molar-refractivity contribution in [2.45, 2.75) is 30.9 Å². The first-order chi connectivity index (χ1) is 16.2. The summed E-state index contributed by atoms with van der Waals surface area (Å²) in [7, 11) is 0. The van der Waals surface area contributed by atoms with Gasteiger partial charge in [0.15, 0.2) is 0 Å². The zero-order valence-electron chi connectivity index (χ0n) is 18.9. The fourth-order valence-electron chi connectivity index (χ4n) is 4.58. The maximum absolute atomic E-state index is 13.0. The Kier molecular flexibility index (Phi) is 8.47. The molecule has 33 heavy (non-hydrogen) atoms. The smallest absolute Gasteiger partial charge is 0.123 e. The van der Waals surface area contributed by atoms with E-state index < -0.39 is 6.10 Å². The Balaban J connectivity index is 1.28. The molecular formula is C28H33FN2O2. The van der Waals surface area contributed by atoms with Crippen LogP contribution in [0.4, 0.5) is 4.39 Å². The number of hydrogen-bond acceptors (Lipinski definition) is 4. The van der Waals surface area contributed by atoms with Gasteiger partial charge >= 0.3 is 0 Å². The topological polar surface area (TPSA) is 44.7 Å². The van der Waals surface area contributed by atoms with Crippen molar-refractivity contribution < 1.29 is 14.2 Å². The summed E-state index contributed by atoms with van der Waals surface area (Å²) in [6.45, 7) is 4.04. The Labute approximate surface area is 196 Å². The van der Waals surface area contributed by atoms with Crippen LogP contribution >= 0.6 is 0 Å². The number of nitrogens with zero attached hydrogens (tertiary/aromatic N) is 1. The minimum Gasteiger partial charge on any atom is -0.491 e. The van der Waals surface area contributed by atoms with Gasteiger partial charge < -0.3 is 20.1 Å². The summed E-state index contributed by atoms with van der Waals surface area (Å²) in [5.74, 6) is 0.646. The summed E-state index contributed by atoms with van der Waals surface area (Å²) in [5.41, 5.74) is 2.70. The molecule has 1 aliphatic rings. The Morgan fingerprint density at radius 2 is 1.58 bits per heavy atom. The molecule has 3 aromatic rings. The zero-order chi connectivity index (χ0) is 22.9. The molecule has 174 valence electrons. The van der Waals surface area contributed by atoms with Gasteiger partial charge in [0, 0.05) is 31.6 Å². The van der Waals surface area contributed by atoms with Crippen molar-refractivity contribution >= 4 is 0 Å². The van der Waals surface area contributed by atoms with Gasteiger partial charge in [0.1, 0.15) is 18.2 Å². The van der Waals surface area contributed by atoms with Gasteiger partial charge in [0.25, 0.3) is 0 Å². The number of aliphatic hydroxyl groups excluding tert-OH is 1. The summed E-state index contributed by atoms with van der Waals surface area (Å²) >= 11 is 0. The molecule has 1 aliphatic heterocycles. The van der Waals surface area contributed by atoms with Gasteiger partial charge in [0.05, 0.1) is 6.10 Å². The van der Waals surface area contributed by atoms with Gasteiger partial charge in [-0.2, -0.15) is 0 Å². The Hall–Kier alpha value is -2.73. The second kappa shape index (κ2) is 11.9. The maximum atomic E-state index is 13.0. The minimum absolute atomic E-state index is 0.202. The highest BCUT2D eigenvalue weighted by molar-refractivity contribution is 5.32. The third kappa shape index (κ3) is 7.13. The van der Waals surface area contributed by atoms with Crippen LogP contribution in [0.25, 0.3) is 0 Å². The van der Waals surface area contributed by atoms with Gasteiger partial charge in [-0.3, -0.25) is 0 Å². The highest BCUT2D eigenvalue weighted by atomic mass is 19.1. The second-order valence-electron chi connectivity index (χ2n) is 8.77. The molecule has 1 fully saturated rings. The van der Waals surface area contributed by atoms with Crippen LogP contribution in [0.3, 0.4) is 0 Å². The predicted octanol–water partition coefficient (Wildman–Crippen LogP) is 4.45. The van der Waals surface area contributed by atoms with Crippen molar-refractivity contribution in [3.63, 3.8) is 0 Å². The zero-order valence-corrected chi connectivity index (χ0v) is 18.9. The standard InChI is InChI=1S/C28H33FN2O2/c29-24-11-13-27(14-12-24)33-21-26(32)19-25-20-31(18-16-30-25)17-15-28(22-7-3-1-4-8-22)23-9-5-2-6-10-23/h1-14,25-26,28,30,32H,15-21H2. The molecule has 2 atom stereocenters. The third-order valence-corrected chi connectivity index (χ3v) is 6.29. The van der Waals surface area contributed by atoms with E-state index in [9.17, 15) is 9.50 Å². The lowest BCUT2D eigenvalue weighted by Gasteiger charge is -2.35. The predicted molar refractivity (Wildman–Crippen MR) is 130 cm³/mol. The Morgan fingerprint density at radius 3 is 2.21 bits per heavy atom. The van der Waals surface area contributed by atoms with Crippen molar-refractivity contribution in [1.29, 1.82) is 0 Å². The first-order valence-corrected chi connectivity index (χ1v) is 11.8. The first kappa shape index (κ1) is 23.4. The SMILES string of the molecule is OC(COc1ccc(F)cc1)CC1CN(CCC(c2ccccc2)c2ccccc2)CCN1. The molecule has 0 radical (unpaired) electrons. The molecule has 0 spiro atoms. The lowest BCUT2D eigenvalue weighted by Crippen LogP contribution is -2.52. The fraction of sp³-hybridized carbons (Fsp3) is 0.357. The lowest BCUT2D eigenvalue weighted by molar-refractivity contribution is 0.0764. The van der Waals surface area contributed by atoms with Gasteiger partial charge in [-0.05, 0) is 54.8 Å². The van der Waals surface area contributed by atoms with Crippen LogP contribution < -0.4 is 10.1 Å². The van der Waals surface area contributed by atoms with E-state index in [0.717, 1.165) is 32.6 Å². The number of piperazine rings is 1. The van der Waals surface area contributed by atoms with E-state index in [4.69, 9.17) is 4.74 Å². The van der Waals surface area contributed by atoms with Crippen LogP contribution in [0, 0.1) is 5.82 Å². The molecule has 3 aromatic carbocycles. The first-order valence-electron chi connectivity index (χ1n) is 11.8. The summed E-state index contributed by atoms with van der Waals surface area (Å²) in [6.07, 6.45) is 1.10. The van der Waals surface area contributed by atoms with Crippen LogP contribution in [0.5, 0.6) is 5.75 Å². The normalized spacial score (nSPS) is 17.7.